The third-order valence-corrected chi connectivity index (χ3v) is 7.18. The molecule has 3 atom stereocenters. The molecular weight excluding hydrogens is 497 g/mol. The van der Waals surface area contributed by atoms with Crippen LogP contribution in [-0.2, 0) is 4.74 Å². The molecule has 6 nitrogen and oxygen atoms in total. The van der Waals surface area contributed by atoms with Crippen LogP contribution in [0.1, 0.15) is 55.6 Å². The average molecular weight is 519 g/mol. The molecule has 1 amide bonds. The van der Waals surface area contributed by atoms with Crippen LogP contribution in [0.5, 0.6) is 0 Å². The van der Waals surface area contributed by atoms with Gasteiger partial charge in [0.1, 0.15) is 23.3 Å². The van der Waals surface area contributed by atoms with Gasteiger partial charge in [-0.05, 0) is 69.0 Å². The van der Waals surface area contributed by atoms with Gasteiger partial charge in [0.25, 0.3) is 0 Å². The maximum absolute atomic E-state index is 14.9. The van der Waals surface area contributed by atoms with Crippen LogP contribution in [0.15, 0.2) is 41.5 Å². The summed E-state index contributed by atoms with van der Waals surface area (Å²) in [5.74, 6) is -1.15. The van der Waals surface area contributed by atoms with Gasteiger partial charge in [-0.1, -0.05) is 17.8 Å². The Morgan fingerprint density at radius 3 is 2.74 bits per heavy atom. The molecule has 0 radical (unpaired) electrons. The Hall–Kier alpha value is -2.97. The quantitative estimate of drug-likeness (QED) is 0.412. The first-order chi connectivity index (χ1) is 16.6. The fraction of sp³-hybridized carbons (Fsp3) is 0.333. The van der Waals surface area contributed by atoms with Crippen LogP contribution in [0, 0.1) is 23.1 Å². The highest BCUT2D eigenvalue weighted by atomic mass is 32.2. The number of pyridine rings is 1. The Bertz CT molecular complexity index is 1240. The Morgan fingerprint density at radius 1 is 1.34 bits per heavy atom. The van der Waals surface area contributed by atoms with Gasteiger partial charge in [-0.3, -0.25) is 9.98 Å². The molecule has 1 aromatic heterocycles. The van der Waals surface area contributed by atoms with Crippen molar-refractivity contribution in [3.8, 4) is 6.07 Å². The molecule has 1 aliphatic carbocycles. The lowest BCUT2D eigenvalue weighted by Gasteiger charge is -2.27. The van der Waals surface area contributed by atoms with Crippen molar-refractivity contribution in [1.29, 1.82) is 5.26 Å². The molecule has 3 unspecified atom stereocenters. The van der Waals surface area contributed by atoms with Gasteiger partial charge in [0.05, 0.1) is 17.3 Å². The van der Waals surface area contributed by atoms with Gasteiger partial charge in [-0.2, -0.15) is 9.57 Å². The van der Waals surface area contributed by atoms with Crippen LogP contribution in [0.4, 0.5) is 17.5 Å². The van der Waals surface area contributed by atoms with Crippen molar-refractivity contribution in [2.75, 3.05) is 0 Å². The molecule has 2 heterocycles. The second kappa shape index (κ2) is 9.95. The molecule has 182 valence electrons. The fourth-order valence-corrected chi connectivity index (χ4v) is 5.25. The Morgan fingerprint density at radius 2 is 2.11 bits per heavy atom. The van der Waals surface area contributed by atoms with Crippen molar-refractivity contribution < 1.29 is 22.2 Å². The van der Waals surface area contributed by atoms with E-state index in [0.717, 1.165) is 10.7 Å². The lowest BCUT2D eigenvalue weighted by molar-refractivity contribution is 0.0473. The first-order valence-corrected chi connectivity index (χ1v) is 12.2. The number of benzene rings is 1. The maximum Gasteiger partial charge on any atom is 0.428 e. The number of rotatable bonds is 4. The summed E-state index contributed by atoms with van der Waals surface area (Å²) < 4.78 is 49.3. The van der Waals surface area contributed by atoms with Crippen LogP contribution in [0.25, 0.3) is 11.9 Å². The molecule has 4 rings (SSSR count). The molecule has 1 fully saturated rings. The molecule has 1 aromatic carbocycles. The molecule has 1 aliphatic heterocycles. The van der Waals surface area contributed by atoms with Gasteiger partial charge in [0, 0.05) is 17.0 Å². The predicted molar refractivity (Wildman–Crippen MR) is 131 cm³/mol. The monoisotopic (exact) mass is 518 g/mol. The topological polar surface area (TPSA) is 78.6 Å². The summed E-state index contributed by atoms with van der Waals surface area (Å²) in [6.45, 7) is 5.01. The minimum absolute atomic E-state index is 0.0209. The normalized spacial score (nSPS) is 21.5. The van der Waals surface area contributed by atoms with Crippen molar-refractivity contribution >= 4 is 47.3 Å². The zero-order chi connectivity index (χ0) is 25.3. The van der Waals surface area contributed by atoms with Gasteiger partial charge in [-0.25, -0.2) is 13.6 Å². The largest absolute Gasteiger partial charge is 0.443 e. The molecule has 0 N–H and O–H groups in total. The van der Waals surface area contributed by atoms with Crippen LogP contribution in [0.2, 0.25) is 0 Å². The minimum atomic E-state index is -0.900. The van der Waals surface area contributed by atoms with Crippen molar-refractivity contribution in [2.45, 2.75) is 44.1 Å². The highest BCUT2D eigenvalue weighted by Crippen LogP contribution is 2.56. The predicted octanol–water partition coefficient (Wildman–Crippen LogP) is 6.86. The molecule has 0 bridgehead atoms. The molecule has 0 saturated heterocycles. The number of amidine groups is 1. The molecule has 35 heavy (non-hydrogen) atoms. The highest BCUT2D eigenvalue weighted by Gasteiger charge is 2.50. The number of nitriles is 1. The van der Waals surface area contributed by atoms with Gasteiger partial charge in [-0.15, -0.1) is 3.89 Å². The van der Waals surface area contributed by atoms with Crippen LogP contribution < -0.4 is 0 Å². The van der Waals surface area contributed by atoms with E-state index in [-0.39, 0.29) is 39.9 Å². The van der Waals surface area contributed by atoms with E-state index in [0.29, 0.717) is 11.1 Å². The second-order valence-corrected chi connectivity index (χ2v) is 10.8. The second-order valence-electron chi connectivity index (χ2n) is 9.07. The van der Waals surface area contributed by atoms with E-state index in [4.69, 9.17) is 10.00 Å². The molecule has 0 spiro atoms. The zero-order valence-corrected chi connectivity index (χ0v) is 20.7. The zero-order valence-electron chi connectivity index (χ0n) is 19.0. The van der Waals surface area contributed by atoms with Crippen LogP contribution >= 0.6 is 24.1 Å². The Labute approximate surface area is 209 Å². The smallest absolute Gasteiger partial charge is 0.428 e. The number of nitrogens with zero attached hydrogens (tertiary/aromatic N) is 4. The fourth-order valence-electron chi connectivity index (χ4n) is 3.58. The van der Waals surface area contributed by atoms with Gasteiger partial charge < -0.3 is 4.74 Å². The number of carbonyl (C=O) groups is 1. The lowest BCUT2D eigenvalue weighted by atomic mass is 9.99. The van der Waals surface area contributed by atoms with E-state index in [1.54, 1.807) is 20.8 Å². The van der Waals surface area contributed by atoms with Gasteiger partial charge >= 0.3 is 6.09 Å². The highest BCUT2D eigenvalue weighted by molar-refractivity contribution is 8.15. The summed E-state index contributed by atoms with van der Waals surface area (Å²) in [4.78, 5) is 20.9. The summed E-state index contributed by atoms with van der Waals surface area (Å²) in [6, 6.07) is 8.25. The van der Waals surface area contributed by atoms with Gasteiger partial charge in [0.2, 0.25) is 0 Å². The van der Waals surface area contributed by atoms with E-state index in [2.05, 4.69) is 9.98 Å². The maximum atomic E-state index is 14.9. The number of aliphatic imine (C=N–C) groups is 1. The summed E-state index contributed by atoms with van der Waals surface area (Å²) >= 11 is 0.942. The first kappa shape index (κ1) is 25.1. The molecule has 2 aromatic rings. The van der Waals surface area contributed by atoms with E-state index < -0.39 is 29.4 Å². The summed E-state index contributed by atoms with van der Waals surface area (Å²) in [6.07, 6.45) is 2.31. The van der Waals surface area contributed by atoms with Crippen molar-refractivity contribution in [3.05, 3.63) is 64.7 Å². The number of thioether (sulfide) groups is 1. The number of fused-ring (bicyclic) bond motifs is 1. The number of hydrogen-bond acceptors (Lipinski definition) is 7. The summed E-state index contributed by atoms with van der Waals surface area (Å²) in [7, 11) is 0. The SMILES string of the molecule is CC(C)(C)OC(=O)N(SF)C1=NC(c2cc(/C=C(\F)c3ccc(C#N)cn3)ccc2F)C2CC2S1. The molecule has 1 saturated carbocycles. The summed E-state index contributed by atoms with van der Waals surface area (Å²) in [5.41, 5.74) is 0.145. The van der Waals surface area contributed by atoms with Gasteiger partial charge in [0.15, 0.2) is 17.5 Å². The van der Waals surface area contributed by atoms with E-state index in [1.165, 1.54) is 54.4 Å². The van der Waals surface area contributed by atoms with Crippen LogP contribution in [-0.4, -0.2) is 31.4 Å². The third kappa shape index (κ3) is 5.82. The minimum Gasteiger partial charge on any atom is -0.443 e. The molecule has 11 heteroatoms. The number of ether oxygens (including phenoxy) is 1. The molecule has 2 aliphatic rings. The number of halogens is 3. The Balaban J connectivity index is 1.63. The molecular formula is C24H21F3N4O2S2. The average Bonchev–Trinajstić information content (AvgIpc) is 3.59. The summed E-state index contributed by atoms with van der Waals surface area (Å²) in [5, 5.41) is 9.02. The Kier molecular flexibility index (Phi) is 7.15. The standard InChI is InChI=1S/C24H21F3N4O2S2/c1-24(2,3)33-23(32)31(35-27)22-30-21(16-10-20(16)34-22)15-8-13(4-6-17(15)25)9-18(26)19-7-5-14(11-28)12-29-19/h4-9,12,16,20-21H,10H2,1-3H3/b18-9-. The van der Waals surface area contributed by atoms with E-state index in [9.17, 15) is 17.5 Å². The number of aromatic nitrogens is 1. The van der Waals surface area contributed by atoms with Crippen molar-refractivity contribution in [2.24, 2.45) is 10.9 Å². The van der Waals surface area contributed by atoms with Crippen molar-refractivity contribution in [1.82, 2.24) is 9.29 Å². The van der Waals surface area contributed by atoms with Crippen molar-refractivity contribution in [3.63, 3.8) is 0 Å². The number of amides is 1. The lowest BCUT2D eigenvalue weighted by Crippen LogP contribution is -2.36. The first-order valence-electron chi connectivity index (χ1n) is 10.7. The number of carbonyl (C=O) groups excluding carboxylic acids is 1. The third-order valence-electron chi connectivity index (χ3n) is 5.26. The van der Waals surface area contributed by atoms with E-state index in [1.807, 2.05) is 6.07 Å². The van der Waals surface area contributed by atoms with Crippen LogP contribution in [0.3, 0.4) is 0 Å². The number of hydrogen-bond donors (Lipinski definition) is 0. The van der Waals surface area contributed by atoms with E-state index >= 15 is 0 Å².